The van der Waals surface area contributed by atoms with Crippen LogP contribution in [0.25, 0.3) is 10.9 Å². The second-order valence-corrected chi connectivity index (χ2v) is 7.73. The van der Waals surface area contributed by atoms with Gasteiger partial charge in [-0.25, -0.2) is 4.39 Å². The predicted octanol–water partition coefficient (Wildman–Crippen LogP) is 4.39. The normalized spacial score (nSPS) is 16.3. The van der Waals surface area contributed by atoms with Gasteiger partial charge in [0, 0.05) is 41.4 Å². The van der Waals surface area contributed by atoms with E-state index in [0.717, 1.165) is 33.5 Å². The summed E-state index contributed by atoms with van der Waals surface area (Å²) < 4.78 is 20.9. The van der Waals surface area contributed by atoms with Crippen LogP contribution in [-0.4, -0.2) is 29.9 Å². The number of aromatic nitrogens is 1. The van der Waals surface area contributed by atoms with E-state index in [1.165, 1.54) is 12.1 Å². The van der Waals surface area contributed by atoms with Gasteiger partial charge in [0.25, 0.3) is 5.91 Å². The zero-order valence-corrected chi connectivity index (χ0v) is 15.9. The van der Waals surface area contributed by atoms with Crippen molar-refractivity contribution >= 4 is 28.6 Å². The molecule has 4 rings (SSSR count). The van der Waals surface area contributed by atoms with E-state index in [2.05, 4.69) is 5.32 Å². The number of halogens is 1. The monoisotopic (exact) mass is 384 g/mol. The number of fused-ring (bicyclic) bond motifs is 2. The molecule has 0 aliphatic carbocycles. The Kier molecular flexibility index (Phi) is 5.18. The van der Waals surface area contributed by atoms with Crippen molar-refractivity contribution in [1.82, 2.24) is 9.88 Å². The lowest BCUT2D eigenvalue weighted by Crippen LogP contribution is -2.30. The highest BCUT2D eigenvalue weighted by Crippen LogP contribution is 2.36. The Morgan fingerprint density at radius 3 is 3.04 bits per heavy atom. The van der Waals surface area contributed by atoms with Gasteiger partial charge in [-0.2, -0.15) is 0 Å². The van der Waals surface area contributed by atoms with Crippen LogP contribution in [0.5, 0.6) is 0 Å². The molecule has 0 saturated heterocycles. The predicted molar refractivity (Wildman–Crippen MR) is 106 cm³/mol. The minimum Gasteiger partial charge on any atom is -0.383 e. The number of rotatable bonds is 5. The first-order valence-corrected chi connectivity index (χ1v) is 9.96. The molecule has 4 nitrogen and oxygen atoms in total. The zero-order chi connectivity index (χ0) is 18.8. The van der Waals surface area contributed by atoms with Gasteiger partial charge in [0.1, 0.15) is 5.82 Å². The highest BCUT2D eigenvalue weighted by molar-refractivity contribution is 7.99. The minimum atomic E-state index is -0.272. The molecule has 1 aliphatic rings. The van der Waals surface area contributed by atoms with Crippen LogP contribution in [-0.2, 0) is 11.3 Å². The Morgan fingerprint density at radius 2 is 2.19 bits per heavy atom. The molecule has 1 aromatic heterocycles. The molecule has 1 amide bonds. The Labute approximate surface area is 161 Å². The third-order valence-corrected chi connectivity index (χ3v) is 6.01. The highest BCUT2D eigenvalue weighted by Gasteiger charge is 2.24. The number of ether oxygens (including phenoxy) is 1. The van der Waals surface area contributed by atoms with Crippen LogP contribution in [0.2, 0.25) is 0 Å². The van der Waals surface area contributed by atoms with Crippen molar-refractivity contribution in [3.8, 4) is 0 Å². The number of carbonyl (C=O) groups excluding carboxylic acids is 1. The molecule has 3 aromatic rings. The van der Waals surface area contributed by atoms with E-state index in [9.17, 15) is 9.18 Å². The summed E-state index contributed by atoms with van der Waals surface area (Å²) in [6.07, 6.45) is 2.66. The molecule has 0 saturated carbocycles. The number of thioether (sulfide) groups is 1. The summed E-state index contributed by atoms with van der Waals surface area (Å²) in [4.78, 5) is 14.1. The lowest BCUT2D eigenvalue weighted by molar-refractivity contribution is 0.0936. The second kappa shape index (κ2) is 7.74. The summed E-state index contributed by atoms with van der Waals surface area (Å²) in [5.41, 5.74) is 2.51. The zero-order valence-electron chi connectivity index (χ0n) is 15.1. The molecule has 27 heavy (non-hydrogen) atoms. The molecule has 0 unspecified atom stereocenters. The van der Waals surface area contributed by atoms with Gasteiger partial charge in [-0.05, 0) is 36.2 Å². The SMILES string of the molecule is COCCn1cc(C(=O)N[C@@H]2CCSc3ccc(F)cc32)c2ccccc21. The number of nitrogens with one attached hydrogen (secondary N) is 1. The lowest BCUT2D eigenvalue weighted by atomic mass is 10.0. The van der Waals surface area contributed by atoms with Crippen molar-refractivity contribution in [2.75, 3.05) is 19.5 Å². The third-order valence-electron chi connectivity index (χ3n) is 4.89. The fraction of sp³-hybridized carbons (Fsp3) is 0.286. The van der Waals surface area contributed by atoms with Gasteiger partial charge in [-0.3, -0.25) is 4.79 Å². The number of carbonyl (C=O) groups is 1. The van der Waals surface area contributed by atoms with Gasteiger partial charge in [-0.15, -0.1) is 11.8 Å². The summed E-state index contributed by atoms with van der Waals surface area (Å²) in [6.45, 7) is 1.25. The van der Waals surface area contributed by atoms with Gasteiger partial charge >= 0.3 is 0 Å². The fourth-order valence-electron chi connectivity index (χ4n) is 3.55. The number of hydrogen-bond acceptors (Lipinski definition) is 3. The van der Waals surface area contributed by atoms with Gasteiger partial charge < -0.3 is 14.6 Å². The van der Waals surface area contributed by atoms with E-state index in [1.807, 2.05) is 35.0 Å². The topological polar surface area (TPSA) is 43.3 Å². The second-order valence-electron chi connectivity index (χ2n) is 6.59. The molecule has 0 radical (unpaired) electrons. The molecule has 2 aromatic carbocycles. The number of para-hydroxylation sites is 1. The molecule has 1 atom stereocenters. The Hall–Kier alpha value is -2.31. The quantitative estimate of drug-likeness (QED) is 0.709. The van der Waals surface area contributed by atoms with E-state index >= 15 is 0 Å². The molecule has 0 spiro atoms. The number of methoxy groups -OCH3 is 1. The van der Waals surface area contributed by atoms with Crippen LogP contribution in [0, 0.1) is 5.82 Å². The summed E-state index contributed by atoms with van der Waals surface area (Å²) in [6, 6.07) is 12.5. The molecule has 1 N–H and O–H groups in total. The molecule has 1 aliphatic heterocycles. The van der Waals surface area contributed by atoms with Crippen molar-refractivity contribution in [3.05, 3.63) is 65.6 Å². The maximum Gasteiger partial charge on any atom is 0.253 e. The van der Waals surface area contributed by atoms with Crippen LogP contribution >= 0.6 is 11.8 Å². The van der Waals surface area contributed by atoms with E-state index in [1.54, 1.807) is 24.9 Å². The van der Waals surface area contributed by atoms with Crippen LogP contribution < -0.4 is 5.32 Å². The van der Waals surface area contributed by atoms with E-state index in [0.29, 0.717) is 18.7 Å². The first-order valence-electron chi connectivity index (χ1n) is 8.97. The van der Waals surface area contributed by atoms with Crippen molar-refractivity contribution in [2.24, 2.45) is 0 Å². The largest absolute Gasteiger partial charge is 0.383 e. The van der Waals surface area contributed by atoms with Crippen molar-refractivity contribution < 1.29 is 13.9 Å². The molecule has 6 heteroatoms. The summed E-state index contributed by atoms with van der Waals surface area (Å²) in [5, 5.41) is 4.03. The van der Waals surface area contributed by atoms with E-state index in [-0.39, 0.29) is 17.8 Å². The Bertz CT molecular complexity index is 985. The van der Waals surface area contributed by atoms with Gasteiger partial charge in [0.15, 0.2) is 0 Å². The summed E-state index contributed by atoms with van der Waals surface area (Å²) in [7, 11) is 1.66. The first-order chi connectivity index (χ1) is 13.2. The van der Waals surface area contributed by atoms with Crippen LogP contribution in [0.15, 0.2) is 53.6 Å². The molecule has 0 bridgehead atoms. The number of benzene rings is 2. The molecular weight excluding hydrogens is 363 g/mol. The van der Waals surface area contributed by atoms with Crippen molar-refractivity contribution in [3.63, 3.8) is 0 Å². The standard InChI is InChI=1S/C21H21FN2O2S/c1-26-10-9-24-13-17(15-4-2-3-5-19(15)24)21(25)23-18-8-11-27-20-7-6-14(22)12-16(18)20/h2-7,12-13,18H,8-11H2,1H3,(H,23,25)/t18-/m1/s1. The van der Waals surface area contributed by atoms with Crippen molar-refractivity contribution in [2.45, 2.75) is 23.9 Å². The smallest absolute Gasteiger partial charge is 0.253 e. The molecule has 2 heterocycles. The summed E-state index contributed by atoms with van der Waals surface area (Å²) in [5.74, 6) is 0.500. The maximum atomic E-state index is 13.7. The molecule has 0 fully saturated rings. The first kappa shape index (κ1) is 18.1. The average Bonchev–Trinajstić information content (AvgIpc) is 3.06. The average molecular weight is 384 g/mol. The van der Waals surface area contributed by atoms with Crippen LogP contribution in [0.1, 0.15) is 28.4 Å². The number of hydrogen-bond donors (Lipinski definition) is 1. The lowest BCUT2D eigenvalue weighted by Gasteiger charge is -2.26. The Morgan fingerprint density at radius 1 is 1.33 bits per heavy atom. The fourth-order valence-corrected chi connectivity index (χ4v) is 4.66. The van der Waals surface area contributed by atoms with Gasteiger partial charge in [0.05, 0.1) is 18.2 Å². The Balaban J connectivity index is 1.64. The van der Waals surface area contributed by atoms with Crippen LogP contribution in [0.3, 0.4) is 0 Å². The van der Waals surface area contributed by atoms with E-state index < -0.39 is 0 Å². The highest BCUT2D eigenvalue weighted by atomic mass is 32.2. The minimum absolute atomic E-state index is 0.130. The van der Waals surface area contributed by atoms with Gasteiger partial charge in [0.2, 0.25) is 0 Å². The summed E-state index contributed by atoms with van der Waals surface area (Å²) >= 11 is 1.70. The van der Waals surface area contributed by atoms with Gasteiger partial charge in [-0.1, -0.05) is 18.2 Å². The maximum absolute atomic E-state index is 13.7. The number of nitrogens with zero attached hydrogens (tertiary/aromatic N) is 1. The van der Waals surface area contributed by atoms with Crippen LogP contribution in [0.4, 0.5) is 4.39 Å². The molecule has 140 valence electrons. The third kappa shape index (κ3) is 3.59. The van der Waals surface area contributed by atoms with Crippen molar-refractivity contribution in [1.29, 1.82) is 0 Å². The number of amides is 1. The molecular formula is C21H21FN2O2S. The van der Waals surface area contributed by atoms with E-state index in [4.69, 9.17) is 4.74 Å².